The number of halogens is 3. The average molecular weight is 417 g/mol. The van der Waals surface area contributed by atoms with Crippen molar-refractivity contribution >= 4 is 17.5 Å². The summed E-state index contributed by atoms with van der Waals surface area (Å²) >= 11 is 0. The van der Waals surface area contributed by atoms with Gasteiger partial charge in [-0.05, 0) is 42.8 Å². The summed E-state index contributed by atoms with van der Waals surface area (Å²) in [4.78, 5) is 30.2. The van der Waals surface area contributed by atoms with Gasteiger partial charge in [-0.2, -0.15) is 5.10 Å². The summed E-state index contributed by atoms with van der Waals surface area (Å²) < 4.78 is 41.7. The molecule has 0 aliphatic rings. The van der Waals surface area contributed by atoms with Crippen molar-refractivity contribution < 1.29 is 22.8 Å². The average Bonchev–Trinajstić information content (AvgIpc) is 3.28. The molecule has 0 radical (unpaired) electrons. The van der Waals surface area contributed by atoms with E-state index in [4.69, 9.17) is 0 Å². The number of benzene rings is 2. The Hall–Kier alpha value is -3.69. The van der Waals surface area contributed by atoms with Crippen LogP contribution in [0.1, 0.15) is 23.7 Å². The topological polar surface area (TPSA) is 80.1 Å². The molecule has 1 N–H and O–H groups in total. The molecule has 0 aliphatic heterocycles. The molecule has 0 saturated carbocycles. The van der Waals surface area contributed by atoms with Crippen LogP contribution in [0.4, 0.5) is 18.9 Å². The highest BCUT2D eigenvalue weighted by Crippen LogP contribution is 2.19. The Labute approximate surface area is 170 Å². The molecule has 10 heteroatoms. The summed E-state index contributed by atoms with van der Waals surface area (Å²) in [6.45, 7) is 1.73. The molecule has 0 atom stereocenters. The largest absolute Gasteiger partial charge is 0.329 e. The first kappa shape index (κ1) is 21.0. The lowest BCUT2D eigenvalue weighted by Crippen LogP contribution is -2.38. The molecule has 0 bridgehead atoms. The zero-order valence-corrected chi connectivity index (χ0v) is 16.0. The lowest BCUT2D eigenvalue weighted by molar-refractivity contribution is -0.116. The van der Waals surface area contributed by atoms with Crippen LogP contribution in [0.3, 0.4) is 0 Å². The fourth-order valence-electron chi connectivity index (χ4n) is 2.79. The molecular formula is C20H18F3N5O2. The van der Waals surface area contributed by atoms with E-state index in [1.807, 2.05) is 6.92 Å². The van der Waals surface area contributed by atoms with Crippen LogP contribution in [0.2, 0.25) is 0 Å². The number of carbonyl (C=O) groups is 2. The van der Waals surface area contributed by atoms with Gasteiger partial charge in [-0.25, -0.2) is 22.8 Å². The number of nitrogens with one attached hydrogen (secondary N) is 1. The second-order valence-electron chi connectivity index (χ2n) is 6.38. The summed E-state index contributed by atoms with van der Waals surface area (Å²) in [5.41, 5.74) is 0.553. The van der Waals surface area contributed by atoms with Crippen molar-refractivity contribution in [2.75, 3.05) is 18.4 Å². The summed E-state index contributed by atoms with van der Waals surface area (Å²) in [6.07, 6.45) is 3.48. The fourth-order valence-corrected chi connectivity index (χ4v) is 2.79. The Balaban J connectivity index is 1.71. The molecule has 2 aromatic carbocycles. The van der Waals surface area contributed by atoms with Crippen molar-refractivity contribution in [1.29, 1.82) is 0 Å². The minimum atomic E-state index is -1.68. The van der Waals surface area contributed by atoms with Crippen LogP contribution in [0, 0.1) is 17.5 Å². The van der Waals surface area contributed by atoms with Gasteiger partial charge < -0.3 is 10.2 Å². The molecular weight excluding hydrogens is 399 g/mol. The molecule has 0 spiro atoms. The molecule has 156 valence electrons. The van der Waals surface area contributed by atoms with E-state index in [2.05, 4.69) is 15.4 Å². The van der Waals surface area contributed by atoms with Crippen molar-refractivity contribution in [2.45, 2.75) is 13.3 Å². The Kier molecular flexibility index (Phi) is 6.45. The number of amides is 2. The van der Waals surface area contributed by atoms with E-state index in [0.29, 0.717) is 23.7 Å². The Morgan fingerprint density at radius 3 is 2.43 bits per heavy atom. The van der Waals surface area contributed by atoms with Gasteiger partial charge in [-0.15, -0.1) is 0 Å². The summed E-state index contributed by atoms with van der Waals surface area (Å²) in [6, 6.07) is 8.18. The minimum Gasteiger partial charge on any atom is -0.329 e. The number of rotatable bonds is 7. The predicted molar refractivity (Wildman–Crippen MR) is 102 cm³/mol. The quantitative estimate of drug-likeness (QED) is 0.599. The van der Waals surface area contributed by atoms with Crippen LogP contribution >= 0.6 is 0 Å². The first-order valence-corrected chi connectivity index (χ1v) is 9.08. The second kappa shape index (κ2) is 9.21. The van der Waals surface area contributed by atoms with Gasteiger partial charge in [0.15, 0.2) is 17.5 Å². The van der Waals surface area contributed by atoms with E-state index < -0.39 is 35.0 Å². The zero-order chi connectivity index (χ0) is 21.7. The standard InChI is InChI=1S/C20H18F3N5O2/c1-2-9-27(10-17(29)26-16-8-7-15(21)18(22)19(16)23)20(30)13-3-5-14(6-4-13)28-12-24-11-25-28/h3-8,11-12H,2,9-10H2,1H3,(H,26,29). The van der Waals surface area contributed by atoms with Gasteiger partial charge in [-0.3, -0.25) is 9.59 Å². The van der Waals surface area contributed by atoms with Crippen molar-refractivity contribution in [3.05, 3.63) is 72.1 Å². The van der Waals surface area contributed by atoms with E-state index in [1.54, 1.807) is 24.3 Å². The number of aromatic nitrogens is 3. The Morgan fingerprint density at radius 1 is 1.07 bits per heavy atom. The van der Waals surface area contributed by atoms with E-state index in [0.717, 1.165) is 6.07 Å². The number of carbonyl (C=O) groups excluding carboxylic acids is 2. The first-order chi connectivity index (χ1) is 14.4. The molecule has 0 aliphatic carbocycles. The SMILES string of the molecule is CCCN(CC(=O)Nc1ccc(F)c(F)c1F)C(=O)c1ccc(-n2cncn2)cc1. The fraction of sp³-hybridized carbons (Fsp3) is 0.200. The summed E-state index contributed by atoms with van der Waals surface area (Å²) in [5.74, 6) is -5.67. The first-order valence-electron chi connectivity index (χ1n) is 9.08. The van der Waals surface area contributed by atoms with Crippen LogP contribution in [-0.2, 0) is 4.79 Å². The van der Waals surface area contributed by atoms with Gasteiger partial charge in [0.2, 0.25) is 5.91 Å². The number of nitrogens with zero attached hydrogens (tertiary/aromatic N) is 4. The van der Waals surface area contributed by atoms with Crippen LogP contribution in [0.15, 0.2) is 49.1 Å². The predicted octanol–water partition coefficient (Wildman–Crippen LogP) is 3.18. The van der Waals surface area contributed by atoms with Gasteiger partial charge in [-0.1, -0.05) is 6.92 Å². The molecule has 0 unspecified atom stereocenters. The molecule has 3 rings (SSSR count). The monoisotopic (exact) mass is 417 g/mol. The van der Waals surface area contributed by atoms with E-state index >= 15 is 0 Å². The maximum Gasteiger partial charge on any atom is 0.254 e. The molecule has 7 nitrogen and oxygen atoms in total. The van der Waals surface area contributed by atoms with Gasteiger partial charge in [0.1, 0.15) is 19.2 Å². The van der Waals surface area contributed by atoms with Crippen LogP contribution in [0.25, 0.3) is 5.69 Å². The number of hydrogen-bond acceptors (Lipinski definition) is 4. The van der Waals surface area contributed by atoms with E-state index in [1.165, 1.54) is 22.2 Å². The minimum absolute atomic E-state index is 0.275. The Bertz CT molecular complexity index is 1040. The van der Waals surface area contributed by atoms with Crippen LogP contribution < -0.4 is 5.32 Å². The van der Waals surface area contributed by atoms with E-state index in [9.17, 15) is 22.8 Å². The zero-order valence-electron chi connectivity index (χ0n) is 16.0. The van der Waals surface area contributed by atoms with Gasteiger partial charge in [0.25, 0.3) is 5.91 Å². The highest BCUT2D eigenvalue weighted by atomic mass is 19.2. The van der Waals surface area contributed by atoms with Crippen LogP contribution in [0.5, 0.6) is 0 Å². The highest BCUT2D eigenvalue weighted by Gasteiger charge is 2.20. The smallest absolute Gasteiger partial charge is 0.254 e. The van der Waals surface area contributed by atoms with Crippen molar-refractivity contribution in [3.8, 4) is 5.69 Å². The van der Waals surface area contributed by atoms with Crippen LogP contribution in [-0.4, -0.2) is 44.6 Å². The third-order valence-electron chi connectivity index (χ3n) is 4.22. The highest BCUT2D eigenvalue weighted by molar-refractivity contribution is 5.99. The second-order valence-corrected chi connectivity index (χ2v) is 6.38. The van der Waals surface area contributed by atoms with E-state index in [-0.39, 0.29) is 13.1 Å². The molecule has 2 amide bonds. The van der Waals surface area contributed by atoms with Gasteiger partial charge >= 0.3 is 0 Å². The lowest BCUT2D eigenvalue weighted by atomic mass is 10.1. The molecule has 1 heterocycles. The molecule has 30 heavy (non-hydrogen) atoms. The number of hydrogen-bond donors (Lipinski definition) is 1. The van der Waals surface area contributed by atoms with Crippen molar-refractivity contribution in [3.63, 3.8) is 0 Å². The van der Waals surface area contributed by atoms with Crippen molar-refractivity contribution in [1.82, 2.24) is 19.7 Å². The molecule has 1 aromatic heterocycles. The normalized spacial score (nSPS) is 10.7. The maximum absolute atomic E-state index is 13.8. The van der Waals surface area contributed by atoms with Crippen molar-refractivity contribution in [2.24, 2.45) is 0 Å². The maximum atomic E-state index is 13.8. The molecule has 0 saturated heterocycles. The summed E-state index contributed by atoms with van der Waals surface area (Å²) in [5, 5.41) is 6.17. The summed E-state index contributed by atoms with van der Waals surface area (Å²) in [7, 11) is 0. The number of anilines is 1. The van der Waals surface area contributed by atoms with Gasteiger partial charge in [0.05, 0.1) is 11.4 Å². The third kappa shape index (κ3) is 4.65. The molecule has 0 fully saturated rings. The van der Waals surface area contributed by atoms with Gasteiger partial charge in [0, 0.05) is 12.1 Å². The lowest BCUT2D eigenvalue weighted by Gasteiger charge is -2.22. The molecule has 3 aromatic rings. The Morgan fingerprint density at radius 2 is 1.80 bits per heavy atom. The third-order valence-corrected chi connectivity index (χ3v) is 4.22.